The van der Waals surface area contributed by atoms with Gasteiger partial charge in [0.15, 0.2) is 0 Å². The van der Waals surface area contributed by atoms with Crippen LogP contribution in [-0.4, -0.2) is 36.6 Å². The van der Waals surface area contributed by atoms with E-state index in [1.165, 1.54) is 38.6 Å². The van der Waals surface area contributed by atoms with Gasteiger partial charge in [0.25, 0.3) is 0 Å². The van der Waals surface area contributed by atoms with Crippen LogP contribution in [0.25, 0.3) is 0 Å². The third-order valence-electron chi connectivity index (χ3n) is 4.73. The summed E-state index contributed by atoms with van der Waals surface area (Å²) in [6, 6.07) is 2.03. The number of unbranched alkanes of at least 4 members (excludes halogenated alkanes) is 2. The number of nitrogens with zero attached hydrogens (tertiary/aromatic N) is 1. The van der Waals surface area contributed by atoms with Gasteiger partial charge < -0.3 is 5.32 Å². The number of hydrogen-bond acceptors (Lipinski definition) is 2. The Labute approximate surface area is 115 Å². The van der Waals surface area contributed by atoms with Crippen molar-refractivity contribution in [1.29, 1.82) is 0 Å². The van der Waals surface area contributed by atoms with Gasteiger partial charge in [0.05, 0.1) is 0 Å². The van der Waals surface area contributed by atoms with E-state index >= 15 is 0 Å². The zero-order valence-corrected chi connectivity index (χ0v) is 13.4. The first-order chi connectivity index (χ1) is 8.44. The molecule has 0 aromatic rings. The molecular weight excluding hydrogens is 220 g/mol. The van der Waals surface area contributed by atoms with Crippen LogP contribution >= 0.6 is 0 Å². The highest BCUT2D eigenvalue weighted by molar-refractivity contribution is 5.01. The van der Waals surface area contributed by atoms with E-state index in [4.69, 9.17) is 0 Å². The summed E-state index contributed by atoms with van der Waals surface area (Å²) < 4.78 is 0. The van der Waals surface area contributed by atoms with E-state index in [9.17, 15) is 0 Å². The summed E-state index contributed by atoms with van der Waals surface area (Å²) in [5.41, 5.74) is 0.442. The summed E-state index contributed by atoms with van der Waals surface area (Å²) in [7, 11) is 2.13. The molecule has 1 saturated carbocycles. The molecule has 0 bridgehead atoms. The number of hydrogen-bond donors (Lipinski definition) is 1. The zero-order chi connectivity index (χ0) is 13.8. The standard InChI is InChI=1S/C16H34N2/c1-7-8-9-12-18(13(2)3)14-10-11-16(4,5)15(14)17-6/h13-15,17H,7-12H2,1-6H3. The van der Waals surface area contributed by atoms with Gasteiger partial charge >= 0.3 is 0 Å². The topological polar surface area (TPSA) is 15.3 Å². The van der Waals surface area contributed by atoms with E-state index in [0.717, 1.165) is 6.04 Å². The second kappa shape index (κ2) is 6.91. The van der Waals surface area contributed by atoms with Crippen LogP contribution in [0.15, 0.2) is 0 Å². The lowest BCUT2D eigenvalue weighted by Crippen LogP contribution is -2.53. The van der Waals surface area contributed by atoms with E-state index in [1.807, 2.05) is 0 Å². The number of nitrogens with one attached hydrogen (secondary N) is 1. The number of likely N-dealkylation sites (N-methyl/N-ethyl adjacent to an activating group) is 1. The molecule has 2 atom stereocenters. The van der Waals surface area contributed by atoms with E-state index < -0.39 is 0 Å². The van der Waals surface area contributed by atoms with Crippen molar-refractivity contribution in [2.45, 2.75) is 84.8 Å². The summed E-state index contributed by atoms with van der Waals surface area (Å²) in [5.74, 6) is 0. The molecule has 2 heteroatoms. The summed E-state index contributed by atoms with van der Waals surface area (Å²) in [6.07, 6.45) is 6.73. The van der Waals surface area contributed by atoms with Gasteiger partial charge in [-0.05, 0) is 52.1 Å². The molecular formula is C16H34N2. The minimum absolute atomic E-state index is 0.442. The lowest BCUT2D eigenvalue weighted by atomic mass is 9.86. The number of rotatable bonds is 7. The van der Waals surface area contributed by atoms with Gasteiger partial charge in [-0.2, -0.15) is 0 Å². The summed E-state index contributed by atoms with van der Waals surface area (Å²) in [4.78, 5) is 2.74. The van der Waals surface area contributed by atoms with Gasteiger partial charge in [0.1, 0.15) is 0 Å². The zero-order valence-electron chi connectivity index (χ0n) is 13.4. The molecule has 1 rings (SSSR count). The highest BCUT2D eigenvalue weighted by Crippen LogP contribution is 2.40. The summed E-state index contributed by atoms with van der Waals surface area (Å²) in [5, 5.41) is 3.59. The third-order valence-corrected chi connectivity index (χ3v) is 4.73. The van der Waals surface area contributed by atoms with Crippen LogP contribution in [0, 0.1) is 5.41 Å². The smallest absolute Gasteiger partial charge is 0.0271 e. The fourth-order valence-corrected chi connectivity index (χ4v) is 3.65. The fourth-order valence-electron chi connectivity index (χ4n) is 3.65. The highest BCUT2D eigenvalue weighted by Gasteiger charge is 2.43. The molecule has 0 amide bonds. The molecule has 1 aliphatic rings. The average molecular weight is 254 g/mol. The van der Waals surface area contributed by atoms with Crippen molar-refractivity contribution in [3.05, 3.63) is 0 Å². The predicted octanol–water partition coefficient (Wildman–Crippen LogP) is 3.66. The van der Waals surface area contributed by atoms with E-state index in [2.05, 4.69) is 51.9 Å². The molecule has 0 aromatic heterocycles. The molecule has 108 valence electrons. The maximum atomic E-state index is 3.59. The molecule has 0 aliphatic heterocycles. The quantitative estimate of drug-likeness (QED) is 0.698. The molecule has 0 radical (unpaired) electrons. The maximum Gasteiger partial charge on any atom is 0.0271 e. The van der Waals surface area contributed by atoms with Crippen LogP contribution in [-0.2, 0) is 0 Å². The molecule has 0 heterocycles. The Morgan fingerprint density at radius 1 is 1.28 bits per heavy atom. The van der Waals surface area contributed by atoms with Gasteiger partial charge in [0.2, 0.25) is 0 Å². The molecule has 1 fully saturated rings. The van der Waals surface area contributed by atoms with Crippen LogP contribution < -0.4 is 5.32 Å². The lowest BCUT2D eigenvalue weighted by molar-refractivity contribution is 0.114. The molecule has 1 aliphatic carbocycles. The van der Waals surface area contributed by atoms with Crippen LogP contribution in [0.1, 0.15) is 66.7 Å². The molecule has 18 heavy (non-hydrogen) atoms. The van der Waals surface area contributed by atoms with Crippen LogP contribution in [0.4, 0.5) is 0 Å². The molecule has 1 N–H and O–H groups in total. The average Bonchev–Trinajstić information content (AvgIpc) is 2.59. The SMILES string of the molecule is CCCCCN(C(C)C)C1CCC(C)(C)C1NC. The van der Waals surface area contributed by atoms with Crippen molar-refractivity contribution in [1.82, 2.24) is 10.2 Å². The summed E-state index contributed by atoms with van der Waals surface area (Å²) in [6.45, 7) is 13.1. The predicted molar refractivity (Wildman–Crippen MR) is 81.0 cm³/mol. The third kappa shape index (κ3) is 3.71. The van der Waals surface area contributed by atoms with Crippen molar-refractivity contribution in [3.63, 3.8) is 0 Å². The Bertz CT molecular complexity index is 235. The van der Waals surface area contributed by atoms with Crippen molar-refractivity contribution < 1.29 is 0 Å². The van der Waals surface area contributed by atoms with Gasteiger partial charge in [-0.15, -0.1) is 0 Å². The van der Waals surface area contributed by atoms with Crippen LogP contribution in [0.2, 0.25) is 0 Å². The minimum Gasteiger partial charge on any atom is -0.315 e. The fraction of sp³-hybridized carbons (Fsp3) is 1.00. The lowest BCUT2D eigenvalue weighted by Gasteiger charge is -2.39. The molecule has 2 nitrogen and oxygen atoms in total. The second-order valence-corrected chi connectivity index (χ2v) is 6.90. The molecule has 2 unspecified atom stereocenters. The Morgan fingerprint density at radius 3 is 2.44 bits per heavy atom. The van der Waals surface area contributed by atoms with Gasteiger partial charge in [-0.1, -0.05) is 33.6 Å². The largest absolute Gasteiger partial charge is 0.315 e. The first-order valence-corrected chi connectivity index (χ1v) is 7.87. The van der Waals surface area contributed by atoms with Gasteiger partial charge in [0, 0.05) is 18.1 Å². The second-order valence-electron chi connectivity index (χ2n) is 6.90. The Balaban J connectivity index is 2.67. The van der Waals surface area contributed by atoms with Crippen molar-refractivity contribution >= 4 is 0 Å². The highest BCUT2D eigenvalue weighted by atomic mass is 15.2. The monoisotopic (exact) mass is 254 g/mol. The first-order valence-electron chi connectivity index (χ1n) is 7.87. The van der Waals surface area contributed by atoms with Crippen LogP contribution in [0.3, 0.4) is 0 Å². The van der Waals surface area contributed by atoms with Crippen molar-refractivity contribution in [3.8, 4) is 0 Å². The van der Waals surface area contributed by atoms with Crippen LogP contribution in [0.5, 0.6) is 0 Å². The van der Waals surface area contributed by atoms with Gasteiger partial charge in [-0.25, -0.2) is 0 Å². The van der Waals surface area contributed by atoms with Gasteiger partial charge in [-0.3, -0.25) is 4.90 Å². The Hall–Kier alpha value is -0.0800. The van der Waals surface area contributed by atoms with E-state index in [-0.39, 0.29) is 0 Å². The normalized spacial score (nSPS) is 27.3. The molecule has 0 aromatic carbocycles. The molecule has 0 spiro atoms. The van der Waals surface area contributed by atoms with E-state index in [1.54, 1.807) is 0 Å². The Morgan fingerprint density at radius 2 is 1.94 bits per heavy atom. The minimum atomic E-state index is 0.442. The summed E-state index contributed by atoms with van der Waals surface area (Å²) >= 11 is 0. The Kier molecular flexibility index (Phi) is 6.13. The van der Waals surface area contributed by atoms with E-state index in [0.29, 0.717) is 17.5 Å². The van der Waals surface area contributed by atoms with Crippen molar-refractivity contribution in [2.24, 2.45) is 5.41 Å². The first kappa shape index (κ1) is 16.0. The van der Waals surface area contributed by atoms with Crippen molar-refractivity contribution in [2.75, 3.05) is 13.6 Å². The molecule has 0 saturated heterocycles. The maximum absolute atomic E-state index is 3.59.